The standard InChI is InChI=1S/C15H32O3/c1-4-5-6-7-8-9-10-11-12-13-17-14-18-15(2)16-3/h15H,4-14H2,1-3H3. The summed E-state index contributed by atoms with van der Waals surface area (Å²) in [5.74, 6) is 0. The second-order valence-corrected chi connectivity index (χ2v) is 4.82. The van der Waals surface area contributed by atoms with Crippen molar-refractivity contribution in [3.05, 3.63) is 0 Å². The summed E-state index contributed by atoms with van der Waals surface area (Å²) in [5, 5.41) is 0. The molecule has 0 rings (SSSR count). The minimum absolute atomic E-state index is 0.173. The topological polar surface area (TPSA) is 27.7 Å². The summed E-state index contributed by atoms with van der Waals surface area (Å²) in [6, 6.07) is 0. The van der Waals surface area contributed by atoms with Gasteiger partial charge in [0.15, 0.2) is 6.29 Å². The van der Waals surface area contributed by atoms with E-state index in [1.54, 1.807) is 7.11 Å². The van der Waals surface area contributed by atoms with Gasteiger partial charge >= 0.3 is 0 Å². The van der Waals surface area contributed by atoms with E-state index in [-0.39, 0.29) is 6.29 Å². The van der Waals surface area contributed by atoms with Gasteiger partial charge in [0.25, 0.3) is 0 Å². The molecule has 0 saturated carbocycles. The van der Waals surface area contributed by atoms with Gasteiger partial charge in [-0.05, 0) is 13.3 Å². The smallest absolute Gasteiger partial charge is 0.157 e. The summed E-state index contributed by atoms with van der Waals surface area (Å²) >= 11 is 0. The van der Waals surface area contributed by atoms with Crippen LogP contribution in [0.15, 0.2) is 0 Å². The number of hydrogen-bond acceptors (Lipinski definition) is 3. The van der Waals surface area contributed by atoms with Crippen LogP contribution in [-0.2, 0) is 14.2 Å². The van der Waals surface area contributed by atoms with Crippen molar-refractivity contribution in [3.63, 3.8) is 0 Å². The van der Waals surface area contributed by atoms with E-state index in [4.69, 9.17) is 14.2 Å². The molecule has 110 valence electrons. The van der Waals surface area contributed by atoms with E-state index in [9.17, 15) is 0 Å². The normalized spacial score (nSPS) is 12.8. The summed E-state index contributed by atoms with van der Waals surface area (Å²) in [4.78, 5) is 0. The van der Waals surface area contributed by atoms with Crippen molar-refractivity contribution in [2.24, 2.45) is 0 Å². The van der Waals surface area contributed by atoms with E-state index in [0.29, 0.717) is 6.79 Å². The molecule has 0 aliphatic heterocycles. The fourth-order valence-electron chi connectivity index (χ4n) is 1.79. The van der Waals surface area contributed by atoms with Crippen LogP contribution in [-0.4, -0.2) is 26.8 Å². The van der Waals surface area contributed by atoms with Gasteiger partial charge in [-0.1, -0.05) is 58.3 Å². The highest BCUT2D eigenvalue weighted by atomic mass is 16.7. The van der Waals surface area contributed by atoms with Gasteiger partial charge in [-0.25, -0.2) is 0 Å². The third-order valence-electron chi connectivity index (χ3n) is 3.11. The average molecular weight is 260 g/mol. The lowest BCUT2D eigenvalue weighted by molar-refractivity contribution is -0.174. The van der Waals surface area contributed by atoms with E-state index in [1.807, 2.05) is 6.92 Å². The molecular weight excluding hydrogens is 228 g/mol. The molecule has 0 N–H and O–H groups in total. The molecule has 0 aliphatic carbocycles. The van der Waals surface area contributed by atoms with Crippen LogP contribution in [0.2, 0.25) is 0 Å². The molecule has 0 aromatic rings. The molecule has 0 aromatic carbocycles. The number of hydrogen-bond donors (Lipinski definition) is 0. The number of unbranched alkanes of at least 4 members (excludes halogenated alkanes) is 8. The van der Waals surface area contributed by atoms with Crippen LogP contribution < -0.4 is 0 Å². The highest BCUT2D eigenvalue weighted by Gasteiger charge is 1.97. The Hall–Kier alpha value is -0.120. The number of ether oxygens (including phenoxy) is 3. The van der Waals surface area contributed by atoms with Gasteiger partial charge in [0.05, 0.1) is 0 Å². The fourth-order valence-corrected chi connectivity index (χ4v) is 1.79. The summed E-state index contributed by atoms with van der Waals surface area (Å²) in [6.45, 7) is 5.26. The zero-order valence-corrected chi connectivity index (χ0v) is 12.6. The number of methoxy groups -OCH3 is 1. The maximum atomic E-state index is 5.36. The van der Waals surface area contributed by atoms with Crippen molar-refractivity contribution in [2.75, 3.05) is 20.5 Å². The predicted octanol–water partition coefficient (Wildman–Crippen LogP) is 4.50. The zero-order chi connectivity index (χ0) is 13.5. The molecule has 1 atom stereocenters. The van der Waals surface area contributed by atoms with E-state index in [0.717, 1.165) is 13.0 Å². The Morgan fingerprint density at radius 1 is 0.833 bits per heavy atom. The van der Waals surface area contributed by atoms with Gasteiger partial charge in [0.1, 0.15) is 6.79 Å². The molecule has 0 bridgehead atoms. The Balaban J connectivity index is 2.94. The first-order valence-electron chi connectivity index (χ1n) is 7.53. The lowest BCUT2D eigenvalue weighted by Gasteiger charge is -2.10. The molecule has 0 spiro atoms. The molecule has 18 heavy (non-hydrogen) atoms. The van der Waals surface area contributed by atoms with E-state index in [1.165, 1.54) is 51.4 Å². The van der Waals surface area contributed by atoms with Crippen LogP contribution in [0.4, 0.5) is 0 Å². The molecule has 0 fully saturated rings. The molecule has 0 saturated heterocycles. The van der Waals surface area contributed by atoms with E-state index in [2.05, 4.69) is 6.92 Å². The predicted molar refractivity (Wildman–Crippen MR) is 75.6 cm³/mol. The Bertz CT molecular complexity index is 151. The van der Waals surface area contributed by atoms with Gasteiger partial charge in [0.2, 0.25) is 0 Å². The Labute approximate surface area is 113 Å². The minimum atomic E-state index is -0.173. The van der Waals surface area contributed by atoms with E-state index >= 15 is 0 Å². The molecule has 3 nitrogen and oxygen atoms in total. The first kappa shape index (κ1) is 17.9. The minimum Gasteiger partial charge on any atom is -0.356 e. The second kappa shape index (κ2) is 14.9. The first-order valence-corrected chi connectivity index (χ1v) is 7.53. The maximum Gasteiger partial charge on any atom is 0.157 e. The average Bonchev–Trinajstić information content (AvgIpc) is 2.39. The van der Waals surface area contributed by atoms with Crippen LogP contribution >= 0.6 is 0 Å². The van der Waals surface area contributed by atoms with Crippen molar-refractivity contribution in [2.45, 2.75) is 77.9 Å². The summed E-state index contributed by atoms with van der Waals surface area (Å²) in [7, 11) is 1.63. The van der Waals surface area contributed by atoms with Crippen molar-refractivity contribution in [3.8, 4) is 0 Å². The quantitative estimate of drug-likeness (QED) is 0.340. The lowest BCUT2D eigenvalue weighted by atomic mass is 10.1. The van der Waals surface area contributed by atoms with Crippen LogP contribution in [0.5, 0.6) is 0 Å². The second-order valence-electron chi connectivity index (χ2n) is 4.82. The molecule has 3 heteroatoms. The SMILES string of the molecule is CCCCCCCCCCCOCOC(C)OC. The van der Waals surface area contributed by atoms with Gasteiger partial charge in [-0.15, -0.1) is 0 Å². The third-order valence-corrected chi connectivity index (χ3v) is 3.11. The van der Waals surface area contributed by atoms with Gasteiger partial charge in [-0.2, -0.15) is 0 Å². The van der Waals surface area contributed by atoms with Crippen LogP contribution in [0.3, 0.4) is 0 Å². The van der Waals surface area contributed by atoms with Crippen LogP contribution in [0, 0.1) is 0 Å². The summed E-state index contributed by atoms with van der Waals surface area (Å²) in [6.07, 6.45) is 11.9. The summed E-state index contributed by atoms with van der Waals surface area (Å²) < 4.78 is 15.5. The van der Waals surface area contributed by atoms with Gasteiger partial charge < -0.3 is 14.2 Å². The number of rotatable bonds is 14. The molecule has 0 aromatic heterocycles. The fraction of sp³-hybridized carbons (Fsp3) is 1.00. The van der Waals surface area contributed by atoms with Crippen LogP contribution in [0.1, 0.15) is 71.6 Å². The van der Waals surface area contributed by atoms with Crippen molar-refractivity contribution in [1.82, 2.24) is 0 Å². The first-order chi connectivity index (χ1) is 8.81. The monoisotopic (exact) mass is 260 g/mol. The molecule has 1 unspecified atom stereocenters. The molecular formula is C15H32O3. The van der Waals surface area contributed by atoms with Crippen molar-refractivity contribution < 1.29 is 14.2 Å². The Kier molecular flexibility index (Phi) is 14.8. The molecule has 0 heterocycles. The highest BCUT2D eigenvalue weighted by molar-refractivity contribution is 4.46. The van der Waals surface area contributed by atoms with Gasteiger partial charge in [0, 0.05) is 13.7 Å². The lowest BCUT2D eigenvalue weighted by Crippen LogP contribution is -2.13. The van der Waals surface area contributed by atoms with E-state index < -0.39 is 0 Å². The van der Waals surface area contributed by atoms with Crippen LogP contribution in [0.25, 0.3) is 0 Å². The summed E-state index contributed by atoms with van der Waals surface area (Å²) in [5.41, 5.74) is 0. The zero-order valence-electron chi connectivity index (χ0n) is 12.6. The highest BCUT2D eigenvalue weighted by Crippen LogP contribution is 2.09. The Morgan fingerprint density at radius 2 is 1.39 bits per heavy atom. The molecule has 0 radical (unpaired) electrons. The molecule has 0 amide bonds. The largest absolute Gasteiger partial charge is 0.356 e. The van der Waals surface area contributed by atoms with Gasteiger partial charge in [-0.3, -0.25) is 0 Å². The van der Waals surface area contributed by atoms with Crippen molar-refractivity contribution in [1.29, 1.82) is 0 Å². The van der Waals surface area contributed by atoms with Crippen molar-refractivity contribution >= 4 is 0 Å². The Morgan fingerprint density at radius 3 is 1.94 bits per heavy atom. The maximum absolute atomic E-state index is 5.36. The third kappa shape index (κ3) is 13.9. The molecule has 0 aliphatic rings.